The van der Waals surface area contributed by atoms with E-state index in [9.17, 15) is 4.79 Å². The highest BCUT2D eigenvalue weighted by molar-refractivity contribution is 6.31. The Morgan fingerprint density at radius 1 is 1.16 bits per heavy atom. The number of hydrogen-bond acceptors (Lipinski definition) is 3. The van der Waals surface area contributed by atoms with Gasteiger partial charge in [-0.05, 0) is 55.2 Å². The largest absolute Gasteiger partial charge is 0.378 e. The van der Waals surface area contributed by atoms with Crippen LogP contribution >= 0.6 is 11.6 Å². The van der Waals surface area contributed by atoms with E-state index in [1.165, 1.54) is 11.1 Å². The molecule has 1 aliphatic heterocycles. The van der Waals surface area contributed by atoms with Crippen LogP contribution in [-0.4, -0.2) is 46.7 Å². The first-order valence-electron chi connectivity index (χ1n) is 11.1. The molecule has 0 N–H and O–H groups in total. The third-order valence-electron chi connectivity index (χ3n) is 6.17. The van der Waals surface area contributed by atoms with Crippen molar-refractivity contribution >= 4 is 28.5 Å². The SMILES string of the molecule is CCCC(C(=O)N1CCOCC1)n1c(Cc2ccccc2Cl)nc2cc(C)c(C)cc21. The molecule has 1 amide bonds. The van der Waals surface area contributed by atoms with E-state index in [-0.39, 0.29) is 11.9 Å². The first-order valence-corrected chi connectivity index (χ1v) is 11.5. The average molecular weight is 440 g/mol. The number of halogens is 1. The number of benzene rings is 2. The lowest BCUT2D eigenvalue weighted by atomic mass is 10.1. The van der Waals surface area contributed by atoms with Crippen LogP contribution in [0.4, 0.5) is 0 Å². The molecule has 1 saturated heterocycles. The van der Waals surface area contributed by atoms with E-state index in [1.807, 2.05) is 29.2 Å². The van der Waals surface area contributed by atoms with E-state index in [4.69, 9.17) is 21.3 Å². The second-order valence-corrected chi connectivity index (χ2v) is 8.74. The van der Waals surface area contributed by atoms with Crippen molar-refractivity contribution in [1.29, 1.82) is 0 Å². The third-order valence-corrected chi connectivity index (χ3v) is 6.53. The predicted octanol–water partition coefficient (Wildman–Crippen LogP) is 5.10. The number of ether oxygens (including phenoxy) is 1. The van der Waals surface area contributed by atoms with Gasteiger partial charge in [-0.15, -0.1) is 0 Å². The van der Waals surface area contributed by atoms with E-state index in [0.717, 1.165) is 40.3 Å². The van der Waals surface area contributed by atoms with Crippen LogP contribution in [0.25, 0.3) is 11.0 Å². The van der Waals surface area contributed by atoms with Crippen molar-refractivity contribution in [2.24, 2.45) is 0 Å². The summed E-state index contributed by atoms with van der Waals surface area (Å²) in [5.74, 6) is 1.04. The maximum atomic E-state index is 13.6. The smallest absolute Gasteiger partial charge is 0.245 e. The maximum absolute atomic E-state index is 13.6. The molecular weight excluding hydrogens is 410 g/mol. The van der Waals surface area contributed by atoms with Gasteiger partial charge in [0.15, 0.2) is 0 Å². The second kappa shape index (κ2) is 9.41. The molecule has 0 saturated carbocycles. The summed E-state index contributed by atoms with van der Waals surface area (Å²) >= 11 is 6.47. The lowest BCUT2D eigenvalue weighted by Crippen LogP contribution is -2.44. The highest BCUT2D eigenvalue weighted by Crippen LogP contribution is 2.30. The summed E-state index contributed by atoms with van der Waals surface area (Å²) in [7, 11) is 0. The van der Waals surface area contributed by atoms with Gasteiger partial charge in [-0.25, -0.2) is 4.98 Å². The minimum absolute atomic E-state index is 0.156. The quantitative estimate of drug-likeness (QED) is 0.537. The number of carbonyl (C=O) groups is 1. The van der Waals surface area contributed by atoms with Gasteiger partial charge in [0.1, 0.15) is 11.9 Å². The molecule has 2 aromatic carbocycles. The molecule has 1 aromatic heterocycles. The summed E-state index contributed by atoms with van der Waals surface area (Å²) in [6, 6.07) is 11.9. The van der Waals surface area contributed by atoms with Crippen LogP contribution in [0, 0.1) is 13.8 Å². The predicted molar refractivity (Wildman–Crippen MR) is 125 cm³/mol. The lowest BCUT2D eigenvalue weighted by Gasteiger charge is -2.31. The van der Waals surface area contributed by atoms with E-state index < -0.39 is 0 Å². The van der Waals surface area contributed by atoms with Gasteiger partial charge in [-0.2, -0.15) is 0 Å². The minimum atomic E-state index is -0.285. The Balaban J connectivity index is 1.84. The molecule has 2 heterocycles. The topological polar surface area (TPSA) is 47.4 Å². The molecule has 1 unspecified atom stereocenters. The molecule has 0 bridgehead atoms. The zero-order chi connectivity index (χ0) is 22.0. The molecule has 0 aliphatic carbocycles. The van der Waals surface area contributed by atoms with E-state index in [2.05, 4.69) is 37.5 Å². The Bertz CT molecular complexity index is 1090. The Morgan fingerprint density at radius 2 is 1.87 bits per heavy atom. The van der Waals surface area contributed by atoms with E-state index in [1.54, 1.807) is 0 Å². The van der Waals surface area contributed by atoms with Crippen LogP contribution < -0.4 is 0 Å². The number of aryl methyl sites for hydroxylation is 2. The fraction of sp³-hybridized carbons (Fsp3) is 0.440. The Kier molecular flexibility index (Phi) is 6.63. The Hall–Kier alpha value is -2.37. The summed E-state index contributed by atoms with van der Waals surface area (Å²) < 4.78 is 7.64. The lowest BCUT2D eigenvalue weighted by molar-refractivity contribution is -0.139. The standard InChI is InChI=1S/C25H30ClN3O2/c1-4-7-22(25(30)28-10-12-31-13-11-28)29-23-15-18(3)17(2)14-21(23)27-24(29)16-19-8-5-6-9-20(19)26/h5-6,8-9,14-15,22H,4,7,10-13,16H2,1-3H3. The normalized spacial score (nSPS) is 15.4. The molecular formula is C25H30ClN3O2. The van der Waals surface area contributed by atoms with Crippen LogP contribution in [0.3, 0.4) is 0 Å². The summed E-state index contributed by atoms with van der Waals surface area (Å²) in [4.78, 5) is 20.6. The highest BCUT2D eigenvalue weighted by Gasteiger charge is 2.30. The van der Waals surface area contributed by atoms with Crippen molar-refractivity contribution in [2.75, 3.05) is 26.3 Å². The number of hydrogen-bond donors (Lipinski definition) is 0. The molecule has 0 radical (unpaired) electrons. The number of fused-ring (bicyclic) bond motifs is 1. The monoisotopic (exact) mass is 439 g/mol. The number of carbonyl (C=O) groups excluding carboxylic acids is 1. The number of morpholine rings is 1. The fourth-order valence-electron chi connectivity index (χ4n) is 4.32. The molecule has 164 valence electrons. The van der Waals surface area contributed by atoms with Crippen molar-refractivity contribution in [1.82, 2.24) is 14.5 Å². The molecule has 4 rings (SSSR count). The summed E-state index contributed by atoms with van der Waals surface area (Å²) in [6.07, 6.45) is 2.27. The molecule has 5 nitrogen and oxygen atoms in total. The number of imidazole rings is 1. The summed E-state index contributed by atoms with van der Waals surface area (Å²) in [5, 5.41) is 0.722. The van der Waals surface area contributed by atoms with Crippen molar-refractivity contribution in [3.8, 4) is 0 Å². The average Bonchev–Trinajstić information content (AvgIpc) is 3.10. The van der Waals surface area contributed by atoms with Crippen LogP contribution in [0.15, 0.2) is 36.4 Å². The van der Waals surface area contributed by atoms with E-state index >= 15 is 0 Å². The van der Waals surface area contributed by atoms with Gasteiger partial charge in [0.2, 0.25) is 5.91 Å². The summed E-state index contributed by atoms with van der Waals surface area (Å²) in [6.45, 7) is 8.82. The molecule has 1 aliphatic rings. The van der Waals surface area contributed by atoms with Gasteiger partial charge >= 0.3 is 0 Å². The van der Waals surface area contributed by atoms with Crippen LogP contribution in [0.1, 0.15) is 48.3 Å². The van der Waals surface area contributed by atoms with E-state index in [0.29, 0.717) is 32.7 Å². The van der Waals surface area contributed by atoms with Gasteiger partial charge in [0.05, 0.1) is 24.2 Å². The van der Waals surface area contributed by atoms with Gasteiger partial charge in [-0.1, -0.05) is 43.1 Å². The van der Waals surface area contributed by atoms with Gasteiger partial charge in [0.25, 0.3) is 0 Å². The van der Waals surface area contributed by atoms with Crippen molar-refractivity contribution in [3.05, 3.63) is 63.9 Å². The second-order valence-electron chi connectivity index (χ2n) is 8.33. The van der Waals surface area contributed by atoms with Gasteiger partial charge in [-0.3, -0.25) is 4.79 Å². The third kappa shape index (κ3) is 4.48. The number of rotatable bonds is 6. The zero-order valence-electron chi connectivity index (χ0n) is 18.5. The van der Waals surface area contributed by atoms with Crippen molar-refractivity contribution in [3.63, 3.8) is 0 Å². The van der Waals surface area contributed by atoms with Crippen LogP contribution in [0.5, 0.6) is 0 Å². The van der Waals surface area contributed by atoms with Gasteiger partial charge < -0.3 is 14.2 Å². The maximum Gasteiger partial charge on any atom is 0.245 e. The summed E-state index contributed by atoms with van der Waals surface area (Å²) in [5.41, 5.74) is 5.37. The number of nitrogens with zero attached hydrogens (tertiary/aromatic N) is 3. The molecule has 0 spiro atoms. The van der Waals surface area contributed by atoms with Crippen LogP contribution in [-0.2, 0) is 16.0 Å². The minimum Gasteiger partial charge on any atom is -0.378 e. The van der Waals surface area contributed by atoms with Crippen molar-refractivity contribution in [2.45, 2.75) is 46.1 Å². The highest BCUT2D eigenvalue weighted by atomic mass is 35.5. The Labute approximate surface area is 189 Å². The molecule has 3 aromatic rings. The first-order chi connectivity index (χ1) is 15.0. The van der Waals surface area contributed by atoms with Crippen molar-refractivity contribution < 1.29 is 9.53 Å². The zero-order valence-corrected chi connectivity index (χ0v) is 19.3. The number of amides is 1. The molecule has 1 atom stereocenters. The molecule has 31 heavy (non-hydrogen) atoms. The number of aromatic nitrogens is 2. The van der Waals surface area contributed by atoms with Crippen LogP contribution in [0.2, 0.25) is 5.02 Å². The van der Waals surface area contributed by atoms with Gasteiger partial charge in [0, 0.05) is 24.5 Å². The fourth-order valence-corrected chi connectivity index (χ4v) is 4.52. The first kappa shape index (κ1) is 21.8. The Morgan fingerprint density at radius 3 is 2.58 bits per heavy atom. The molecule has 1 fully saturated rings. The molecule has 6 heteroatoms.